The van der Waals surface area contributed by atoms with Gasteiger partial charge in [-0.1, -0.05) is 44.1 Å². The molecule has 0 aromatic heterocycles. The minimum atomic E-state index is 0.414. The van der Waals surface area contributed by atoms with Crippen LogP contribution in [0.3, 0.4) is 0 Å². The summed E-state index contributed by atoms with van der Waals surface area (Å²) in [7, 11) is 0. The largest absolute Gasteiger partial charge is 0.291 e. The summed E-state index contributed by atoms with van der Waals surface area (Å²) >= 11 is 0. The van der Waals surface area contributed by atoms with Crippen molar-refractivity contribution in [2.24, 2.45) is 5.92 Å². The zero-order valence-electron chi connectivity index (χ0n) is 8.84. The van der Waals surface area contributed by atoms with Crippen molar-refractivity contribution in [1.29, 1.82) is 0 Å². The summed E-state index contributed by atoms with van der Waals surface area (Å²) < 4.78 is 0. The number of allylic oxidation sites excluding steroid dienone is 4. The molecular formula is C12H19O. The first-order valence-corrected chi connectivity index (χ1v) is 4.90. The highest BCUT2D eigenvalue weighted by Crippen LogP contribution is 2.12. The Morgan fingerprint density at radius 1 is 1.54 bits per heavy atom. The van der Waals surface area contributed by atoms with Crippen molar-refractivity contribution < 1.29 is 4.79 Å². The zero-order chi connectivity index (χ0) is 10.1. The van der Waals surface area contributed by atoms with Crippen LogP contribution in [0.4, 0.5) is 0 Å². The van der Waals surface area contributed by atoms with E-state index in [-0.39, 0.29) is 0 Å². The highest BCUT2D eigenvalue weighted by molar-refractivity contribution is 5.53. The van der Waals surface area contributed by atoms with Crippen molar-refractivity contribution in [2.45, 2.75) is 40.0 Å². The van der Waals surface area contributed by atoms with E-state index in [4.69, 9.17) is 0 Å². The van der Waals surface area contributed by atoms with E-state index in [1.54, 1.807) is 0 Å². The number of rotatable bonds is 6. The Hall–Kier alpha value is -0.850. The standard InChI is InChI=1S/C12H19O/c1-4-5-6-8-11(2)12(3)9-7-10-13/h6,8-9,11H,4-5,7H2,1-3H3. The predicted molar refractivity (Wildman–Crippen MR) is 57.3 cm³/mol. The Labute approximate surface area is 81.5 Å². The molecule has 0 fully saturated rings. The van der Waals surface area contributed by atoms with Gasteiger partial charge in [-0.05, 0) is 19.3 Å². The van der Waals surface area contributed by atoms with Gasteiger partial charge in [0.1, 0.15) is 0 Å². The highest BCUT2D eigenvalue weighted by Gasteiger charge is 1.97. The van der Waals surface area contributed by atoms with E-state index >= 15 is 0 Å². The van der Waals surface area contributed by atoms with Crippen LogP contribution >= 0.6 is 0 Å². The smallest absolute Gasteiger partial charge is 0.202 e. The normalized spacial score (nSPS) is 14.8. The fraction of sp³-hybridized carbons (Fsp3) is 0.583. The molecule has 1 heteroatoms. The van der Waals surface area contributed by atoms with Crippen LogP contribution < -0.4 is 0 Å². The molecule has 1 unspecified atom stereocenters. The number of carbonyl (C=O) groups excluding carboxylic acids is 1. The van der Waals surface area contributed by atoms with Crippen molar-refractivity contribution in [3.8, 4) is 0 Å². The summed E-state index contributed by atoms with van der Waals surface area (Å²) in [5.74, 6) is 0.444. The van der Waals surface area contributed by atoms with Gasteiger partial charge in [-0.3, -0.25) is 4.79 Å². The van der Waals surface area contributed by atoms with E-state index in [0.29, 0.717) is 12.3 Å². The second kappa shape index (κ2) is 7.78. The third-order valence-corrected chi connectivity index (χ3v) is 2.11. The van der Waals surface area contributed by atoms with Gasteiger partial charge in [0.2, 0.25) is 6.29 Å². The lowest BCUT2D eigenvalue weighted by Gasteiger charge is -2.05. The van der Waals surface area contributed by atoms with Crippen molar-refractivity contribution in [2.75, 3.05) is 0 Å². The maximum absolute atomic E-state index is 10.0. The van der Waals surface area contributed by atoms with Gasteiger partial charge in [-0.15, -0.1) is 0 Å². The van der Waals surface area contributed by atoms with E-state index in [0.717, 1.165) is 6.42 Å². The van der Waals surface area contributed by atoms with Crippen LogP contribution in [0.5, 0.6) is 0 Å². The summed E-state index contributed by atoms with van der Waals surface area (Å²) in [6.45, 7) is 6.36. The van der Waals surface area contributed by atoms with Gasteiger partial charge in [0.05, 0.1) is 0 Å². The number of hydrogen-bond acceptors (Lipinski definition) is 1. The van der Waals surface area contributed by atoms with E-state index in [9.17, 15) is 4.79 Å². The molecule has 0 aromatic carbocycles. The summed E-state index contributed by atoms with van der Waals surface area (Å²) in [5.41, 5.74) is 1.25. The quantitative estimate of drug-likeness (QED) is 0.571. The Bertz CT molecular complexity index is 189. The second-order valence-corrected chi connectivity index (χ2v) is 3.30. The lowest BCUT2D eigenvalue weighted by molar-refractivity contribution is 0.556. The van der Waals surface area contributed by atoms with Crippen LogP contribution in [0, 0.1) is 5.92 Å². The van der Waals surface area contributed by atoms with E-state index in [1.165, 1.54) is 12.0 Å². The van der Waals surface area contributed by atoms with Crippen LogP contribution in [0.15, 0.2) is 23.8 Å². The minimum Gasteiger partial charge on any atom is -0.291 e. The van der Waals surface area contributed by atoms with Crippen molar-refractivity contribution in [3.05, 3.63) is 23.8 Å². The molecule has 0 aromatic rings. The third-order valence-electron chi connectivity index (χ3n) is 2.11. The zero-order valence-corrected chi connectivity index (χ0v) is 8.84. The molecule has 0 rings (SSSR count). The molecule has 1 radical (unpaired) electrons. The molecule has 1 atom stereocenters. The average Bonchev–Trinajstić information content (AvgIpc) is 2.14. The molecule has 0 aliphatic carbocycles. The molecule has 0 bridgehead atoms. The Morgan fingerprint density at radius 3 is 2.77 bits per heavy atom. The average molecular weight is 179 g/mol. The van der Waals surface area contributed by atoms with Crippen molar-refractivity contribution >= 4 is 6.29 Å². The lowest BCUT2D eigenvalue weighted by Crippen LogP contribution is -1.91. The molecule has 0 heterocycles. The molecule has 13 heavy (non-hydrogen) atoms. The lowest BCUT2D eigenvalue weighted by atomic mass is 10.0. The van der Waals surface area contributed by atoms with Crippen molar-refractivity contribution in [3.63, 3.8) is 0 Å². The monoisotopic (exact) mass is 179 g/mol. The molecule has 0 N–H and O–H groups in total. The first-order chi connectivity index (χ1) is 6.22. The summed E-state index contributed by atoms with van der Waals surface area (Å²) in [6, 6.07) is 0. The van der Waals surface area contributed by atoms with Gasteiger partial charge in [-0.2, -0.15) is 0 Å². The third kappa shape index (κ3) is 6.32. The Morgan fingerprint density at radius 2 is 2.23 bits per heavy atom. The number of unbranched alkanes of at least 4 members (excludes halogenated alkanes) is 1. The predicted octanol–water partition coefficient (Wildman–Crippen LogP) is 3.42. The molecule has 0 aliphatic heterocycles. The van der Waals surface area contributed by atoms with Crippen LogP contribution in [0.2, 0.25) is 0 Å². The van der Waals surface area contributed by atoms with Crippen LogP contribution in [0.1, 0.15) is 40.0 Å². The molecule has 0 saturated carbocycles. The van der Waals surface area contributed by atoms with Gasteiger partial charge < -0.3 is 0 Å². The maximum atomic E-state index is 10.0. The van der Waals surface area contributed by atoms with Gasteiger partial charge in [0.15, 0.2) is 0 Å². The van der Waals surface area contributed by atoms with Gasteiger partial charge in [0, 0.05) is 6.42 Å². The molecule has 0 amide bonds. The molecule has 1 nitrogen and oxygen atoms in total. The fourth-order valence-corrected chi connectivity index (χ4v) is 1.01. The molecular weight excluding hydrogens is 160 g/mol. The van der Waals surface area contributed by atoms with E-state index in [2.05, 4.69) is 32.9 Å². The minimum absolute atomic E-state index is 0.414. The highest BCUT2D eigenvalue weighted by atomic mass is 16.1. The van der Waals surface area contributed by atoms with Gasteiger partial charge in [0.25, 0.3) is 0 Å². The summed E-state index contributed by atoms with van der Waals surface area (Å²) in [4.78, 5) is 10.0. The summed E-state index contributed by atoms with van der Waals surface area (Å²) in [6.07, 6.45) is 10.9. The second-order valence-electron chi connectivity index (χ2n) is 3.30. The first kappa shape index (κ1) is 12.2. The summed E-state index contributed by atoms with van der Waals surface area (Å²) in [5, 5.41) is 0. The topological polar surface area (TPSA) is 17.1 Å². The molecule has 0 spiro atoms. The van der Waals surface area contributed by atoms with E-state index in [1.807, 2.05) is 12.4 Å². The first-order valence-electron chi connectivity index (χ1n) is 4.90. The SMILES string of the molecule is CCCC=CC(C)C(C)=CC[C]=O. The van der Waals surface area contributed by atoms with Gasteiger partial charge >= 0.3 is 0 Å². The molecule has 0 saturated heterocycles. The van der Waals surface area contributed by atoms with Crippen LogP contribution in [0.25, 0.3) is 0 Å². The molecule has 73 valence electrons. The van der Waals surface area contributed by atoms with Crippen LogP contribution in [-0.2, 0) is 4.79 Å². The fourth-order valence-electron chi connectivity index (χ4n) is 1.01. The van der Waals surface area contributed by atoms with Gasteiger partial charge in [-0.25, -0.2) is 0 Å². The maximum Gasteiger partial charge on any atom is 0.202 e. The van der Waals surface area contributed by atoms with E-state index < -0.39 is 0 Å². The van der Waals surface area contributed by atoms with Crippen molar-refractivity contribution in [1.82, 2.24) is 0 Å². The molecule has 0 aliphatic rings. The number of hydrogen-bond donors (Lipinski definition) is 0. The Balaban J connectivity index is 3.93. The Kier molecular flexibility index (Phi) is 7.27. The van der Waals surface area contributed by atoms with Crippen LogP contribution in [-0.4, -0.2) is 6.29 Å².